The summed E-state index contributed by atoms with van der Waals surface area (Å²) in [6, 6.07) is 17.2. The van der Waals surface area contributed by atoms with Crippen LogP contribution in [-0.2, 0) is 18.3 Å². The third-order valence-corrected chi connectivity index (χ3v) is 6.59. The van der Waals surface area contributed by atoms with Crippen molar-refractivity contribution in [1.82, 2.24) is 19.3 Å². The Kier molecular flexibility index (Phi) is 6.89. The third-order valence-electron chi connectivity index (χ3n) is 4.92. The van der Waals surface area contributed by atoms with Gasteiger partial charge < -0.3 is 9.88 Å². The molecule has 164 valence electrons. The highest BCUT2D eigenvalue weighted by atomic mass is 35.5. The second-order valence-electron chi connectivity index (χ2n) is 7.32. The Morgan fingerprint density at radius 2 is 1.84 bits per heavy atom. The molecule has 1 amide bonds. The molecule has 0 fully saturated rings. The molecule has 0 aliphatic carbocycles. The molecule has 2 aromatic heterocycles. The number of hydrogen-bond donors (Lipinski definition) is 1. The normalized spacial score (nSPS) is 11.0. The standard InChI is InChI=1S/C23H21Cl2N5OS/c1-15-5-8-17(9-6-15)30-21(13-18-4-3-11-29(18)2)27-28-23(30)32-14-22(31)26-16-7-10-19(24)20(25)12-16/h3-12H,13-14H2,1-2H3,(H,26,31). The molecule has 6 nitrogen and oxygen atoms in total. The molecule has 4 rings (SSSR count). The number of nitrogens with zero attached hydrogens (tertiary/aromatic N) is 4. The van der Waals surface area contributed by atoms with Crippen molar-refractivity contribution in [2.75, 3.05) is 11.1 Å². The lowest BCUT2D eigenvalue weighted by atomic mass is 10.2. The van der Waals surface area contributed by atoms with Crippen LogP contribution in [0.15, 0.2) is 66.0 Å². The van der Waals surface area contributed by atoms with Crippen LogP contribution in [0.2, 0.25) is 10.0 Å². The minimum Gasteiger partial charge on any atom is -0.354 e. The van der Waals surface area contributed by atoms with Gasteiger partial charge in [0.15, 0.2) is 5.16 Å². The quantitative estimate of drug-likeness (QED) is 0.349. The van der Waals surface area contributed by atoms with Crippen LogP contribution in [0.3, 0.4) is 0 Å². The van der Waals surface area contributed by atoms with Gasteiger partial charge in [-0.3, -0.25) is 9.36 Å². The Morgan fingerprint density at radius 3 is 2.53 bits per heavy atom. The largest absolute Gasteiger partial charge is 0.354 e. The highest BCUT2D eigenvalue weighted by molar-refractivity contribution is 7.99. The third kappa shape index (κ3) is 5.18. The van der Waals surface area contributed by atoms with Gasteiger partial charge in [-0.05, 0) is 49.4 Å². The molecule has 9 heteroatoms. The second kappa shape index (κ2) is 9.81. The zero-order chi connectivity index (χ0) is 22.7. The summed E-state index contributed by atoms with van der Waals surface area (Å²) in [6.07, 6.45) is 2.63. The summed E-state index contributed by atoms with van der Waals surface area (Å²) < 4.78 is 4.06. The Bertz CT molecular complexity index is 1250. The predicted molar refractivity (Wildman–Crippen MR) is 130 cm³/mol. The topological polar surface area (TPSA) is 64.7 Å². The van der Waals surface area contributed by atoms with Gasteiger partial charge in [-0.2, -0.15) is 0 Å². The molecule has 4 aromatic rings. The predicted octanol–water partition coefficient (Wildman–Crippen LogP) is 5.54. The lowest BCUT2D eigenvalue weighted by Crippen LogP contribution is -2.14. The number of halogens is 2. The van der Waals surface area contributed by atoms with Crippen LogP contribution in [-0.4, -0.2) is 31.0 Å². The highest BCUT2D eigenvalue weighted by Crippen LogP contribution is 2.26. The number of aromatic nitrogens is 4. The van der Waals surface area contributed by atoms with Crippen molar-refractivity contribution in [3.63, 3.8) is 0 Å². The van der Waals surface area contributed by atoms with Crippen LogP contribution < -0.4 is 5.32 Å². The fourth-order valence-electron chi connectivity index (χ4n) is 3.20. The number of benzene rings is 2. The molecule has 0 atom stereocenters. The zero-order valence-corrected chi connectivity index (χ0v) is 19.9. The number of anilines is 1. The minimum atomic E-state index is -0.171. The molecule has 0 unspecified atom stereocenters. The fourth-order valence-corrected chi connectivity index (χ4v) is 4.27. The molecule has 0 spiro atoms. The Labute approximate surface area is 200 Å². The minimum absolute atomic E-state index is 0.171. The van der Waals surface area contributed by atoms with Crippen molar-refractivity contribution >= 4 is 46.6 Å². The first-order valence-corrected chi connectivity index (χ1v) is 11.6. The van der Waals surface area contributed by atoms with Gasteiger partial charge in [-0.1, -0.05) is 52.7 Å². The van der Waals surface area contributed by atoms with Gasteiger partial charge >= 0.3 is 0 Å². The number of hydrogen-bond acceptors (Lipinski definition) is 4. The monoisotopic (exact) mass is 485 g/mol. The van der Waals surface area contributed by atoms with E-state index in [-0.39, 0.29) is 11.7 Å². The summed E-state index contributed by atoms with van der Waals surface area (Å²) in [6.45, 7) is 2.05. The molecule has 0 saturated carbocycles. The van der Waals surface area contributed by atoms with E-state index in [0.717, 1.165) is 17.2 Å². The number of rotatable bonds is 7. The van der Waals surface area contributed by atoms with Gasteiger partial charge in [-0.15, -0.1) is 10.2 Å². The van der Waals surface area contributed by atoms with Gasteiger partial charge in [0, 0.05) is 36.7 Å². The molecule has 2 aromatic carbocycles. The van der Waals surface area contributed by atoms with Crippen molar-refractivity contribution in [2.45, 2.75) is 18.5 Å². The highest BCUT2D eigenvalue weighted by Gasteiger charge is 2.17. The zero-order valence-electron chi connectivity index (χ0n) is 17.5. The van der Waals surface area contributed by atoms with Crippen LogP contribution in [0, 0.1) is 6.92 Å². The van der Waals surface area contributed by atoms with Crippen molar-refractivity contribution in [1.29, 1.82) is 0 Å². The fraction of sp³-hybridized carbons (Fsp3) is 0.174. The number of aryl methyl sites for hydroxylation is 2. The molecule has 0 radical (unpaired) electrons. The maximum absolute atomic E-state index is 12.5. The van der Waals surface area contributed by atoms with E-state index in [1.165, 1.54) is 17.3 Å². The van der Waals surface area contributed by atoms with E-state index in [9.17, 15) is 4.79 Å². The van der Waals surface area contributed by atoms with Gasteiger partial charge in [-0.25, -0.2) is 0 Å². The number of carbonyl (C=O) groups is 1. The summed E-state index contributed by atoms with van der Waals surface area (Å²) in [5.41, 5.74) is 3.84. The Morgan fingerprint density at radius 1 is 1.06 bits per heavy atom. The molecule has 2 heterocycles. The summed E-state index contributed by atoms with van der Waals surface area (Å²) in [7, 11) is 2.00. The average molecular weight is 486 g/mol. The van der Waals surface area contributed by atoms with Crippen LogP contribution in [0.5, 0.6) is 0 Å². The molecule has 0 bridgehead atoms. The first kappa shape index (κ1) is 22.5. The van der Waals surface area contributed by atoms with Gasteiger partial charge in [0.1, 0.15) is 5.82 Å². The lowest BCUT2D eigenvalue weighted by Gasteiger charge is -2.11. The smallest absolute Gasteiger partial charge is 0.234 e. The number of amides is 1. The van der Waals surface area contributed by atoms with Crippen molar-refractivity contribution in [2.24, 2.45) is 7.05 Å². The van der Waals surface area contributed by atoms with Crippen LogP contribution in [0.25, 0.3) is 5.69 Å². The van der Waals surface area contributed by atoms with Gasteiger partial charge in [0.05, 0.1) is 15.8 Å². The van der Waals surface area contributed by atoms with Crippen molar-refractivity contribution in [3.05, 3.63) is 87.9 Å². The maximum Gasteiger partial charge on any atom is 0.234 e. The Balaban J connectivity index is 1.54. The molecule has 32 heavy (non-hydrogen) atoms. The van der Waals surface area contributed by atoms with Gasteiger partial charge in [0.2, 0.25) is 5.91 Å². The van der Waals surface area contributed by atoms with Gasteiger partial charge in [0.25, 0.3) is 0 Å². The molecular weight excluding hydrogens is 465 g/mol. The maximum atomic E-state index is 12.5. The number of carbonyl (C=O) groups excluding carboxylic acids is 1. The summed E-state index contributed by atoms with van der Waals surface area (Å²) in [4.78, 5) is 12.5. The van der Waals surface area contributed by atoms with Crippen LogP contribution >= 0.6 is 35.0 Å². The van der Waals surface area contributed by atoms with E-state index in [2.05, 4.69) is 26.1 Å². The number of thioether (sulfide) groups is 1. The first-order valence-electron chi connectivity index (χ1n) is 9.90. The molecule has 0 aliphatic heterocycles. The molecule has 1 N–H and O–H groups in total. The van der Waals surface area contributed by atoms with Crippen molar-refractivity contribution < 1.29 is 4.79 Å². The lowest BCUT2D eigenvalue weighted by molar-refractivity contribution is -0.113. The van der Waals surface area contributed by atoms with Crippen molar-refractivity contribution in [3.8, 4) is 5.69 Å². The van der Waals surface area contributed by atoms with Crippen LogP contribution in [0.1, 0.15) is 17.1 Å². The molecule has 0 saturated heterocycles. The van der Waals surface area contributed by atoms with E-state index >= 15 is 0 Å². The molecular formula is C23H21Cl2N5OS. The second-order valence-corrected chi connectivity index (χ2v) is 9.08. The van der Waals surface area contributed by atoms with E-state index in [0.29, 0.717) is 27.3 Å². The van der Waals surface area contributed by atoms with E-state index in [4.69, 9.17) is 23.2 Å². The SMILES string of the molecule is Cc1ccc(-n2c(Cc3cccn3C)nnc2SCC(=O)Nc2ccc(Cl)c(Cl)c2)cc1. The summed E-state index contributed by atoms with van der Waals surface area (Å²) in [5, 5.41) is 13.1. The summed E-state index contributed by atoms with van der Waals surface area (Å²) in [5.74, 6) is 0.813. The van der Waals surface area contributed by atoms with E-state index in [1.807, 2.05) is 55.1 Å². The van der Waals surface area contributed by atoms with E-state index < -0.39 is 0 Å². The molecule has 0 aliphatic rings. The first-order chi connectivity index (χ1) is 15.4. The van der Waals surface area contributed by atoms with Crippen LogP contribution in [0.4, 0.5) is 5.69 Å². The summed E-state index contributed by atoms with van der Waals surface area (Å²) >= 11 is 13.3. The number of nitrogens with one attached hydrogen (secondary N) is 1. The average Bonchev–Trinajstić information content (AvgIpc) is 3.36. The van der Waals surface area contributed by atoms with E-state index in [1.54, 1.807) is 18.2 Å². The Hall–Kier alpha value is -2.74.